The second-order valence-electron chi connectivity index (χ2n) is 5.24. The van der Waals surface area contributed by atoms with Gasteiger partial charge in [-0.1, -0.05) is 35.9 Å². The molecule has 1 heterocycles. The van der Waals surface area contributed by atoms with Crippen LogP contribution in [0.2, 0.25) is 5.02 Å². The molecule has 0 saturated carbocycles. The van der Waals surface area contributed by atoms with Crippen molar-refractivity contribution in [1.29, 1.82) is 0 Å². The molecule has 3 rings (SSSR count). The fourth-order valence-corrected chi connectivity index (χ4v) is 2.81. The summed E-state index contributed by atoms with van der Waals surface area (Å²) in [5.74, 6) is -0.435. The molecule has 0 aromatic heterocycles. The molecule has 2 nitrogen and oxygen atoms in total. The molecule has 4 heteroatoms. The highest BCUT2D eigenvalue weighted by Crippen LogP contribution is 2.21. The van der Waals surface area contributed by atoms with Gasteiger partial charge in [0.15, 0.2) is 0 Å². The lowest BCUT2D eigenvalue weighted by Crippen LogP contribution is -2.30. The number of fused-ring (bicyclic) bond motifs is 1. The summed E-state index contributed by atoms with van der Waals surface area (Å²) in [6, 6.07) is 12.4. The van der Waals surface area contributed by atoms with Crippen LogP contribution in [0, 0.1) is 5.82 Å². The number of halogens is 2. The molecule has 1 amide bonds. The number of amides is 1. The molecule has 108 valence electrons. The summed E-state index contributed by atoms with van der Waals surface area (Å²) in [4.78, 5) is 14.4. The van der Waals surface area contributed by atoms with Gasteiger partial charge in [-0.25, -0.2) is 4.39 Å². The number of nitrogens with zero attached hydrogens (tertiary/aromatic N) is 1. The van der Waals surface area contributed by atoms with Crippen molar-refractivity contribution in [2.45, 2.75) is 19.4 Å². The lowest BCUT2D eigenvalue weighted by atomic mass is 10.0. The van der Waals surface area contributed by atoms with Crippen molar-refractivity contribution in [2.24, 2.45) is 0 Å². The molecule has 0 atom stereocenters. The minimum Gasteiger partial charge on any atom is -0.334 e. The largest absolute Gasteiger partial charge is 0.334 e. The van der Waals surface area contributed by atoms with Crippen LogP contribution in [-0.2, 0) is 13.0 Å². The summed E-state index contributed by atoms with van der Waals surface area (Å²) >= 11 is 5.69. The Bertz CT molecular complexity index is 686. The van der Waals surface area contributed by atoms with Gasteiger partial charge in [-0.15, -0.1) is 0 Å². The first kappa shape index (κ1) is 14.1. The van der Waals surface area contributed by atoms with E-state index in [0.29, 0.717) is 13.1 Å². The maximum absolute atomic E-state index is 13.5. The molecule has 0 saturated heterocycles. The van der Waals surface area contributed by atoms with Crippen molar-refractivity contribution >= 4 is 17.5 Å². The van der Waals surface area contributed by atoms with Crippen LogP contribution in [0.15, 0.2) is 42.5 Å². The van der Waals surface area contributed by atoms with Crippen molar-refractivity contribution in [3.8, 4) is 0 Å². The molecule has 1 aliphatic rings. The standard InChI is InChI=1S/C17H15ClFNO/c18-15-8-7-12(10-16(15)19)11-20-9-3-5-13-4-1-2-6-14(13)17(20)21/h1-2,4,6-8,10H,3,5,9,11H2. The Hall–Kier alpha value is -1.87. The van der Waals surface area contributed by atoms with Gasteiger partial charge in [0.1, 0.15) is 5.82 Å². The maximum Gasteiger partial charge on any atom is 0.254 e. The van der Waals surface area contributed by atoms with Crippen LogP contribution >= 0.6 is 11.6 Å². The van der Waals surface area contributed by atoms with Crippen LogP contribution in [0.4, 0.5) is 4.39 Å². The second-order valence-corrected chi connectivity index (χ2v) is 5.64. The van der Waals surface area contributed by atoms with Gasteiger partial charge in [-0.2, -0.15) is 0 Å². The van der Waals surface area contributed by atoms with Gasteiger partial charge < -0.3 is 4.90 Å². The van der Waals surface area contributed by atoms with Gasteiger partial charge in [0.2, 0.25) is 0 Å². The number of aryl methyl sites for hydroxylation is 1. The van der Waals surface area contributed by atoms with E-state index in [0.717, 1.165) is 29.5 Å². The van der Waals surface area contributed by atoms with Gasteiger partial charge in [0.05, 0.1) is 5.02 Å². The fraction of sp³-hybridized carbons (Fsp3) is 0.235. The smallest absolute Gasteiger partial charge is 0.254 e. The average molecular weight is 304 g/mol. The number of benzene rings is 2. The summed E-state index contributed by atoms with van der Waals surface area (Å²) in [6.07, 6.45) is 1.81. The monoisotopic (exact) mass is 303 g/mol. The molecule has 0 radical (unpaired) electrons. The molecule has 0 bridgehead atoms. The third-order valence-corrected chi connectivity index (χ3v) is 4.07. The SMILES string of the molecule is O=C1c2ccccc2CCCN1Cc1ccc(Cl)c(F)c1. The first-order chi connectivity index (χ1) is 10.1. The summed E-state index contributed by atoms with van der Waals surface area (Å²) in [6.45, 7) is 1.08. The van der Waals surface area contributed by atoms with Gasteiger partial charge in [0, 0.05) is 18.7 Å². The Morgan fingerprint density at radius 1 is 1.19 bits per heavy atom. The Labute approximate surface area is 128 Å². The Kier molecular flexibility index (Phi) is 3.93. The zero-order chi connectivity index (χ0) is 14.8. The van der Waals surface area contributed by atoms with Gasteiger partial charge in [0.25, 0.3) is 5.91 Å². The zero-order valence-electron chi connectivity index (χ0n) is 11.5. The molecule has 0 N–H and O–H groups in total. The number of hydrogen-bond acceptors (Lipinski definition) is 1. The Morgan fingerprint density at radius 3 is 2.81 bits per heavy atom. The summed E-state index contributed by atoms with van der Waals surface area (Å²) < 4.78 is 13.5. The average Bonchev–Trinajstić information content (AvgIpc) is 2.64. The predicted octanol–water partition coefficient (Wildman–Crippen LogP) is 4.07. The Morgan fingerprint density at radius 2 is 2.00 bits per heavy atom. The van der Waals surface area contributed by atoms with E-state index < -0.39 is 5.82 Å². The van der Waals surface area contributed by atoms with Crippen molar-refractivity contribution in [2.75, 3.05) is 6.54 Å². The number of carbonyl (C=O) groups excluding carboxylic acids is 1. The van der Waals surface area contributed by atoms with E-state index in [2.05, 4.69) is 0 Å². The van der Waals surface area contributed by atoms with Gasteiger partial charge in [-0.3, -0.25) is 4.79 Å². The minimum absolute atomic E-state index is 0.0125. The van der Waals surface area contributed by atoms with Crippen molar-refractivity contribution in [3.05, 3.63) is 70.0 Å². The van der Waals surface area contributed by atoms with Gasteiger partial charge >= 0.3 is 0 Å². The molecule has 0 aliphatic carbocycles. The van der Waals surface area contributed by atoms with E-state index in [-0.39, 0.29) is 10.9 Å². The first-order valence-electron chi connectivity index (χ1n) is 6.96. The molecular formula is C17H15ClFNO. The van der Waals surface area contributed by atoms with Crippen LogP contribution < -0.4 is 0 Å². The predicted molar refractivity (Wildman–Crippen MR) is 80.9 cm³/mol. The lowest BCUT2D eigenvalue weighted by molar-refractivity contribution is 0.0748. The van der Waals surface area contributed by atoms with E-state index in [9.17, 15) is 9.18 Å². The van der Waals surface area contributed by atoms with E-state index in [1.54, 1.807) is 11.0 Å². The lowest BCUT2D eigenvalue weighted by Gasteiger charge is -2.21. The molecule has 2 aromatic carbocycles. The third kappa shape index (κ3) is 2.93. The first-order valence-corrected chi connectivity index (χ1v) is 7.34. The number of hydrogen-bond donors (Lipinski definition) is 0. The van der Waals surface area contributed by atoms with E-state index >= 15 is 0 Å². The molecule has 21 heavy (non-hydrogen) atoms. The number of rotatable bonds is 2. The highest BCUT2D eigenvalue weighted by Gasteiger charge is 2.22. The minimum atomic E-state index is -0.447. The van der Waals surface area contributed by atoms with Crippen molar-refractivity contribution < 1.29 is 9.18 Å². The molecule has 0 fully saturated rings. The topological polar surface area (TPSA) is 20.3 Å². The van der Waals surface area contributed by atoms with Crippen LogP contribution in [0.5, 0.6) is 0 Å². The van der Waals surface area contributed by atoms with E-state index in [1.807, 2.05) is 24.3 Å². The molecule has 2 aromatic rings. The molecule has 0 spiro atoms. The Balaban J connectivity index is 1.85. The normalized spacial score (nSPS) is 14.8. The van der Waals surface area contributed by atoms with Crippen LogP contribution in [0.1, 0.15) is 27.9 Å². The molecule has 1 aliphatic heterocycles. The quantitative estimate of drug-likeness (QED) is 0.819. The molecular weight excluding hydrogens is 289 g/mol. The fourth-order valence-electron chi connectivity index (χ4n) is 2.69. The summed E-state index contributed by atoms with van der Waals surface area (Å²) in [5, 5.41) is 0.103. The highest BCUT2D eigenvalue weighted by molar-refractivity contribution is 6.30. The third-order valence-electron chi connectivity index (χ3n) is 3.77. The summed E-state index contributed by atoms with van der Waals surface area (Å²) in [7, 11) is 0. The van der Waals surface area contributed by atoms with Crippen molar-refractivity contribution in [3.63, 3.8) is 0 Å². The maximum atomic E-state index is 13.5. The number of carbonyl (C=O) groups is 1. The van der Waals surface area contributed by atoms with Crippen LogP contribution in [-0.4, -0.2) is 17.4 Å². The van der Waals surface area contributed by atoms with E-state index in [1.165, 1.54) is 12.1 Å². The summed E-state index contributed by atoms with van der Waals surface area (Å²) in [5.41, 5.74) is 2.60. The van der Waals surface area contributed by atoms with Crippen LogP contribution in [0.3, 0.4) is 0 Å². The van der Waals surface area contributed by atoms with Crippen molar-refractivity contribution in [1.82, 2.24) is 4.90 Å². The van der Waals surface area contributed by atoms with Crippen LogP contribution in [0.25, 0.3) is 0 Å². The highest BCUT2D eigenvalue weighted by atomic mass is 35.5. The zero-order valence-corrected chi connectivity index (χ0v) is 12.2. The second kappa shape index (κ2) is 5.86. The molecule has 0 unspecified atom stereocenters. The van der Waals surface area contributed by atoms with E-state index in [4.69, 9.17) is 11.6 Å². The van der Waals surface area contributed by atoms with Gasteiger partial charge in [-0.05, 0) is 42.2 Å².